The highest BCUT2D eigenvalue weighted by atomic mass is 16.2. The number of hydrogen-bond donors (Lipinski definition) is 2. The number of likely N-dealkylation sites (tertiary alicyclic amines) is 1. The van der Waals surface area contributed by atoms with Crippen LogP contribution in [0, 0.1) is 0 Å². The molecule has 1 saturated heterocycles. The lowest BCUT2D eigenvalue weighted by Crippen LogP contribution is -2.51. The minimum atomic E-state index is 0.0197. The summed E-state index contributed by atoms with van der Waals surface area (Å²) in [6.45, 7) is 3.30. The Morgan fingerprint density at radius 3 is 2.43 bits per heavy atom. The third-order valence-electron chi connectivity index (χ3n) is 6.38. The molecule has 0 spiro atoms. The largest absolute Gasteiger partial charge is 0.356 e. The van der Waals surface area contributed by atoms with E-state index < -0.39 is 0 Å². The summed E-state index contributed by atoms with van der Waals surface area (Å²) >= 11 is 0. The quantitative estimate of drug-likeness (QED) is 0.533. The predicted octanol–water partition coefficient (Wildman–Crippen LogP) is 2.65. The van der Waals surface area contributed by atoms with E-state index in [2.05, 4.69) is 44.8 Å². The van der Waals surface area contributed by atoms with E-state index in [4.69, 9.17) is 0 Å². The fourth-order valence-electron chi connectivity index (χ4n) is 4.46. The number of piperidine rings is 1. The van der Waals surface area contributed by atoms with Crippen LogP contribution in [0.3, 0.4) is 0 Å². The van der Waals surface area contributed by atoms with E-state index in [1.54, 1.807) is 19.0 Å². The Kier molecular flexibility index (Phi) is 9.00. The predicted molar refractivity (Wildman–Crippen MR) is 124 cm³/mol. The molecular weight excluding hydrogens is 374 g/mol. The van der Waals surface area contributed by atoms with Crippen LogP contribution < -0.4 is 10.6 Å². The molecule has 30 heavy (non-hydrogen) atoms. The second-order valence-electron chi connectivity index (χ2n) is 8.86. The number of nitrogens with one attached hydrogen (secondary N) is 2. The zero-order valence-corrected chi connectivity index (χ0v) is 18.8. The van der Waals surface area contributed by atoms with Crippen LogP contribution in [-0.4, -0.2) is 74.0 Å². The summed E-state index contributed by atoms with van der Waals surface area (Å²) in [5.74, 6) is 0.781. The Hall–Kier alpha value is -2.08. The summed E-state index contributed by atoms with van der Waals surface area (Å²) < 4.78 is 0. The summed E-state index contributed by atoms with van der Waals surface area (Å²) in [4.78, 5) is 20.9. The maximum atomic E-state index is 12.0. The average molecular weight is 414 g/mol. The molecule has 2 aliphatic rings. The molecule has 6 heteroatoms. The molecule has 1 aromatic rings. The first kappa shape index (κ1) is 22.6. The van der Waals surface area contributed by atoms with Gasteiger partial charge in [0.25, 0.3) is 0 Å². The van der Waals surface area contributed by atoms with Crippen LogP contribution in [0.15, 0.2) is 35.3 Å². The number of amides is 1. The molecule has 166 valence electrons. The van der Waals surface area contributed by atoms with Crippen LogP contribution >= 0.6 is 0 Å². The fourth-order valence-corrected chi connectivity index (χ4v) is 4.46. The Labute approximate surface area is 182 Å². The lowest BCUT2D eigenvalue weighted by Gasteiger charge is -2.39. The van der Waals surface area contributed by atoms with E-state index >= 15 is 0 Å². The second kappa shape index (κ2) is 11.9. The molecule has 1 aliphatic heterocycles. The van der Waals surface area contributed by atoms with Crippen LogP contribution in [0.5, 0.6) is 0 Å². The van der Waals surface area contributed by atoms with Gasteiger partial charge in [-0.15, -0.1) is 0 Å². The lowest BCUT2D eigenvalue weighted by molar-refractivity contribution is -0.127. The number of benzene rings is 1. The number of likely N-dealkylation sites (N-methyl/N-ethyl adjacent to an activating group) is 1. The first-order valence-electron chi connectivity index (χ1n) is 11.6. The normalized spacial score (nSPS) is 19.5. The van der Waals surface area contributed by atoms with Gasteiger partial charge in [-0.2, -0.15) is 0 Å². The number of rotatable bonds is 7. The first-order chi connectivity index (χ1) is 14.6. The van der Waals surface area contributed by atoms with Crippen LogP contribution in [0.1, 0.15) is 50.5 Å². The minimum Gasteiger partial charge on any atom is -0.356 e. The highest BCUT2D eigenvalue weighted by Crippen LogP contribution is 2.25. The van der Waals surface area contributed by atoms with E-state index in [0.29, 0.717) is 6.04 Å². The standard InChI is InChI=1S/C24H39N5O/c1-28(2)23(30)19-26-24(25-16-13-20-9-5-3-6-10-20)27-21-14-17-29(18-15-21)22-11-7-4-8-12-22/h3,5-6,9-10,21-22H,4,7-8,11-19H2,1-2H3,(H2,25,26,27). The fraction of sp³-hybridized carbons (Fsp3) is 0.667. The number of aliphatic imine (C=N–C) groups is 1. The molecule has 1 saturated carbocycles. The zero-order valence-electron chi connectivity index (χ0n) is 18.8. The smallest absolute Gasteiger partial charge is 0.243 e. The highest BCUT2D eigenvalue weighted by molar-refractivity contribution is 5.84. The van der Waals surface area contributed by atoms with Crippen molar-refractivity contribution in [2.45, 2.75) is 63.5 Å². The summed E-state index contributed by atoms with van der Waals surface area (Å²) in [5, 5.41) is 7.04. The van der Waals surface area contributed by atoms with Crippen molar-refractivity contribution in [3.05, 3.63) is 35.9 Å². The number of nitrogens with zero attached hydrogens (tertiary/aromatic N) is 3. The van der Waals surface area contributed by atoms with Gasteiger partial charge in [-0.1, -0.05) is 49.6 Å². The molecule has 1 amide bonds. The molecule has 1 heterocycles. The van der Waals surface area contributed by atoms with Gasteiger partial charge in [0, 0.05) is 45.8 Å². The van der Waals surface area contributed by atoms with E-state index in [-0.39, 0.29) is 12.5 Å². The van der Waals surface area contributed by atoms with Gasteiger partial charge in [0.2, 0.25) is 5.91 Å². The van der Waals surface area contributed by atoms with Crippen LogP contribution in [0.25, 0.3) is 0 Å². The molecule has 1 aromatic carbocycles. The lowest BCUT2D eigenvalue weighted by atomic mass is 9.92. The SMILES string of the molecule is CN(C)C(=O)CN=C(NCCc1ccccc1)NC1CCN(C2CCCCC2)CC1. The van der Waals surface area contributed by atoms with Crippen LogP contribution in [0.4, 0.5) is 0 Å². The Morgan fingerprint density at radius 2 is 1.77 bits per heavy atom. The van der Waals surface area contributed by atoms with Gasteiger partial charge in [-0.25, -0.2) is 4.99 Å². The number of guanidine groups is 1. The van der Waals surface area contributed by atoms with Crippen molar-refractivity contribution in [3.63, 3.8) is 0 Å². The van der Waals surface area contributed by atoms with Crippen molar-refractivity contribution in [2.75, 3.05) is 40.3 Å². The maximum Gasteiger partial charge on any atom is 0.243 e. The molecule has 0 radical (unpaired) electrons. The maximum absolute atomic E-state index is 12.0. The zero-order chi connectivity index (χ0) is 21.2. The van der Waals surface area contributed by atoms with E-state index in [1.165, 1.54) is 37.7 Å². The van der Waals surface area contributed by atoms with Crippen LogP contribution in [0.2, 0.25) is 0 Å². The summed E-state index contributed by atoms with van der Waals surface area (Å²) in [7, 11) is 3.55. The van der Waals surface area contributed by atoms with Gasteiger partial charge in [-0.05, 0) is 37.7 Å². The number of carbonyl (C=O) groups excluding carboxylic acids is 1. The summed E-state index contributed by atoms with van der Waals surface area (Å²) in [6, 6.07) is 11.7. The first-order valence-corrected chi connectivity index (χ1v) is 11.6. The molecule has 0 atom stereocenters. The highest BCUT2D eigenvalue weighted by Gasteiger charge is 2.26. The van der Waals surface area contributed by atoms with Gasteiger partial charge in [0.1, 0.15) is 6.54 Å². The average Bonchev–Trinajstić information content (AvgIpc) is 2.79. The monoisotopic (exact) mass is 413 g/mol. The molecule has 0 aromatic heterocycles. The molecule has 2 N–H and O–H groups in total. The third-order valence-corrected chi connectivity index (χ3v) is 6.38. The molecule has 0 unspecified atom stereocenters. The number of carbonyl (C=O) groups is 1. The van der Waals surface area contributed by atoms with Crippen LogP contribution in [-0.2, 0) is 11.2 Å². The Morgan fingerprint density at radius 1 is 1.07 bits per heavy atom. The Balaban J connectivity index is 1.49. The van der Waals surface area contributed by atoms with Crippen molar-refractivity contribution in [3.8, 4) is 0 Å². The topological polar surface area (TPSA) is 60.0 Å². The van der Waals surface area contributed by atoms with Gasteiger partial charge >= 0.3 is 0 Å². The Bertz CT molecular complexity index is 661. The number of hydrogen-bond acceptors (Lipinski definition) is 3. The van der Waals surface area contributed by atoms with E-state index in [9.17, 15) is 4.79 Å². The third kappa shape index (κ3) is 7.31. The van der Waals surface area contributed by atoms with Crippen molar-refractivity contribution in [2.24, 2.45) is 4.99 Å². The summed E-state index contributed by atoms with van der Waals surface area (Å²) in [6.07, 6.45) is 10.2. The molecule has 2 fully saturated rings. The van der Waals surface area contributed by atoms with Crippen molar-refractivity contribution >= 4 is 11.9 Å². The van der Waals surface area contributed by atoms with Gasteiger partial charge in [-0.3, -0.25) is 4.79 Å². The van der Waals surface area contributed by atoms with Gasteiger partial charge in [0.05, 0.1) is 0 Å². The molecule has 0 bridgehead atoms. The van der Waals surface area contributed by atoms with Gasteiger partial charge < -0.3 is 20.4 Å². The second-order valence-corrected chi connectivity index (χ2v) is 8.86. The van der Waals surface area contributed by atoms with E-state index in [1.807, 2.05) is 6.07 Å². The molecule has 3 rings (SSSR count). The minimum absolute atomic E-state index is 0.0197. The van der Waals surface area contributed by atoms with E-state index in [0.717, 1.165) is 50.9 Å². The van der Waals surface area contributed by atoms with Crippen molar-refractivity contribution < 1.29 is 4.79 Å². The van der Waals surface area contributed by atoms with Crippen molar-refractivity contribution in [1.82, 2.24) is 20.4 Å². The molecular formula is C24H39N5O. The molecule has 1 aliphatic carbocycles. The van der Waals surface area contributed by atoms with Gasteiger partial charge in [0.15, 0.2) is 5.96 Å². The molecule has 6 nitrogen and oxygen atoms in total. The summed E-state index contributed by atoms with van der Waals surface area (Å²) in [5.41, 5.74) is 1.30. The van der Waals surface area contributed by atoms with Crippen molar-refractivity contribution in [1.29, 1.82) is 0 Å².